The summed E-state index contributed by atoms with van der Waals surface area (Å²) in [5.74, 6) is 0. The minimum Gasteiger partial charge on any atom is -0.293 e. The van der Waals surface area contributed by atoms with Crippen LogP contribution in [0, 0.1) is 11.3 Å². The zero-order valence-electron chi connectivity index (χ0n) is 11.1. The third kappa shape index (κ3) is 2.38. The predicted molar refractivity (Wildman–Crippen MR) is 77.1 cm³/mol. The first kappa shape index (κ1) is 13.0. The Kier molecular flexibility index (Phi) is 3.52. The monoisotopic (exact) mass is 274 g/mol. The molecule has 1 fully saturated rings. The van der Waals surface area contributed by atoms with Gasteiger partial charge in [0.1, 0.15) is 5.54 Å². The molecule has 2 aliphatic carbocycles. The van der Waals surface area contributed by atoms with Gasteiger partial charge in [0.25, 0.3) is 0 Å². The van der Waals surface area contributed by atoms with E-state index in [1.165, 1.54) is 37.7 Å². The first-order chi connectivity index (χ1) is 9.23. The zero-order chi connectivity index (χ0) is 13.3. The standard InChI is InChI=1S/C16H19ClN2/c17-13-6-7-15-12(10-13)8-9-16(15,11-18)19-14-4-2-1-3-5-14/h6-7,10,14,19H,1-5,8-9H2. The number of fused-ring (bicyclic) bond motifs is 1. The highest BCUT2D eigenvalue weighted by atomic mass is 35.5. The Bertz CT molecular complexity index is 514. The predicted octanol–water partition coefficient (Wildman–Crippen LogP) is 3.93. The van der Waals surface area contributed by atoms with Gasteiger partial charge in [0.15, 0.2) is 0 Å². The van der Waals surface area contributed by atoms with Gasteiger partial charge >= 0.3 is 0 Å². The summed E-state index contributed by atoms with van der Waals surface area (Å²) in [7, 11) is 0. The molecule has 1 aromatic carbocycles. The Morgan fingerprint density at radius 1 is 1.26 bits per heavy atom. The van der Waals surface area contributed by atoms with Crippen LogP contribution in [0.1, 0.15) is 49.7 Å². The molecule has 0 radical (unpaired) electrons. The average molecular weight is 275 g/mol. The Hall–Kier alpha value is -1.04. The van der Waals surface area contributed by atoms with Crippen LogP contribution in [0.25, 0.3) is 0 Å². The van der Waals surface area contributed by atoms with Crippen molar-refractivity contribution in [3.8, 4) is 6.07 Å². The molecule has 2 nitrogen and oxygen atoms in total. The summed E-state index contributed by atoms with van der Waals surface area (Å²) in [4.78, 5) is 0. The first-order valence-corrected chi connectivity index (χ1v) is 7.59. The molecule has 2 aliphatic rings. The fourth-order valence-electron chi connectivity index (χ4n) is 3.54. The third-order valence-corrected chi connectivity index (χ3v) is 4.78. The molecule has 1 N–H and O–H groups in total. The van der Waals surface area contributed by atoms with Crippen LogP contribution in [0.5, 0.6) is 0 Å². The highest BCUT2D eigenvalue weighted by Crippen LogP contribution is 2.39. The van der Waals surface area contributed by atoms with E-state index in [9.17, 15) is 5.26 Å². The van der Waals surface area contributed by atoms with E-state index < -0.39 is 5.54 Å². The number of halogens is 1. The van der Waals surface area contributed by atoms with Gasteiger partial charge in [0.05, 0.1) is 6.07 Å². The van der Waals surface area contributed by atoms with Gasteiger partial charge in [-0.1, -0.05) is 36.9 Å². The fraction of sp³-hybridized carbons (Fsp3) is 0.562. The molecule has 0 heterocycles. The van der Waals surface area contributed by atoms with Crippen LogP contribution in [0.2, 0.25) is 5.02 Å². The van der Waals surface area contributed by atoms with Gasteiger partial charge in [-0.15, -0.1) is 0 Å². The highest BCUT2D eigenvalue weighted by Gasteiger charge is 2.40. The van der Waals surface area contributed by atoms with Crippen LogP contribution < -0.4 is 5.32 Å². The number of hydrogen-bond donors (Lipinski definition) is 1. The molecule has 19 heavy (non-hydrogen) atoms. The normalized spacial score (nSPS) is 26.9. The van der Waals surface area contributed by atoms with Gasteiger partial charge in [-0.05, 0) is 48.9 Å². The van der Waals surface area contributed by atoms with Crippen LogP contribution in [0.15, 0.2) is 18.2 Å². The molecular formula is C16H19ClN2. The Morgan fingerprint density at radius 2 is 2.05 bits per heavy atom. The van der Waals surface area contributed by atoms with Crippen molar-refractivity contribution in [3.05, 3.63) is 34.3 Å². The van der Waals surface area contributed by atoms with Gasteiger partial charge in [-0.3, -0.25) is 5.32 Å². The maximum atomic E-state index is 9.72. The van der Waals surface area contributed by atoms with Crippen molar-refractivity contribution in [1.29, 1.82) is 5.26 Å². The van der Waals surface area contributed by atoms with Gasteiger partial charge < -0.3 is 0 Å². The molecule has 0 aliphatic heterocycles. The minimum atomic E-state index is -0.484. The second kappa shape index (κ2) is 5.15. The molecule has 0 bridgehead atoms. The van der Waals surface area contributed by atoms with Crippen molar-refractivity contribution in [2.45, 2.75) is 56.5 Å². The number of nitrogens with one attached hydrogen (secondary N) is 1. The van der Waals surface area contributed by atoms with Crippen molar-refractivity contribution in [1.82, 2.24) is 5.32 Å². The molecule has 3 rings (SSSR count). The lowest BCUT2D eigenvalue weighted by Crippen LogP contribution is -2.46. The van der Waals surface area contributed by atoms with Crippen LogP contribution in [-0.4, -0.2) is 6.04 Å². The summed E-state index contributed by atoms with van der Waals surface area (Å²) in [6, 6.07) is 8.99. The molecule has 0 saturated heterocycles. The second-order valence-electron chi connectivity index (χ2n) is 5.80. The molecule has 0 amide bonds. The summed E-state index contributed by atoms with van der Waals surface area (Å²) in [5, 5.41) is 14.1. The Balaban J connectivity index is 1.87. The number of aryl methyl sites for hydroxylation is 1. The van der Waals surface area contributed by atoms with Crippen molar-refractivity contribution in [2.24, 2.45) is 0 Å². The Labute approximate surface area is 119 Å². The van der Waals surface area contributed by atoms with E-state index in [2.05, 4.69) is 11.4 Å². The van der Waals surface area contributed by atoms with Gasteiger partial charge in [-0.2, -0.15) is 5.26 Å². The third-order valence-electron chi connectivity index (χ3n) is 4.54. The van der Waals surface area contributed by atoms with Crippen LogP contribution in [-0.2, 0) is 12.0 Å². The number of rotatable bonds is 2. The number of benzene rings is 1. The lowest BCUT2D eigenvalue weighted by atomic mass is 9.88. The van der Waals surface area contributed by atoms with Gasteiger partial charge in [-0.25, -0.2) is 0 Å². The van der Waals surface area contributed by atoms with Crippen molar-refractivity contribution in [2.75, 3.05) is 0 Å². The largest absolute Gasteiger partial charge is 0.293 e. The van der Waals surface area contributed by atoms with Gasteiger partial charge in [0, 0.05) is 11.1 Å². The molecule has 3 heteroatoms. The zero-order valence-corrected chi connectivity index (χ0v) is 11.8. The summed E-state index contributed by atoms with van der Waals surface area (Å²) in [6.07, 6.45) is 8.13. The molecular weight excluding hydrogens is 256 g/mol. The summed E-state index contributed by atoms with van der Waals surface area (Å²) in [5.41, 5.74) is 1.89. The smallest absolute Gasteiger partial charge is 0.133 e. The minimum absolute atomic E-state index is 0.484. The topological polar surface area (TPSA) is 35.8 Å². The number of hydrogen-bond acceptors (Lipinski definition) is 2. The first-order valence-electron chi connectivity index (χ1n) is 7.21. The SMILES string of the molecule is N#CC1(NC2CCCCC2)CCc2cc(Cl)ccc21. The molecule has 100 valence electrons. The van der Waals surface area contributed by atoms with E-state index in [1.54, 1.807) is 0 Å². The molecule has 1 unspecified atom stereocenters. The van der Waals surface area contributed by atoms with E-state index in [1.807, 2.05) is 18.2 Å². The molecule has 0 aromatic heterocycles. The van der Waals surface area contributed by atoms with E-state index in [-0.39, 0.29) is 0 Å². The van der Waals surface area contributed by atoms with E-state index in [4.69, 9.17) is 11.6 Å². The lowest BCUT2D eigenvalue weighted by Gasteiger charge is -2.32. The van der Waals surface area contributed by atoms with Gasteiger partial charge in [0.2, 0.25) is 0 Å². The number of nitrogens with zero attached hydrogens (tertiary/aromatic N) is 1. The molecule has 1 aromatic rings. The second-order valence-corrected chi connectivity index (χ2v) is 6.23. The van der Waals surface area contributed by atoms with Crippen LogP contribution >= 0.6 is 11.6 Å². The molecule has 1 atom stereocenters. The summed E-state index contributed by atoms with van der Waals surface area (Å²) >= 11 is 6.05. The lowest BCUT2D eigenvalue weighted by molar-refractivity contribution is 0.295. The van der Waals surface area contributed by atoms with Crippen molar-refractivity contribution in [3.63, 3.8) is 0 Å². The highest BCUT2D eigenvalue weighted by molar-refractivity contribution is 6.30. The van der Waals surface area contributed by atoms with E-state index in [0.29, 0.717) is 6.04 Å². The molecule has 0 spiro atoms. The maximum Gasteiger partial charge on any atom is 0.133 e. The average Bonchev–Trinajstić information content (AvgIpc) is 2.78. The maximum absolute atomic E-state index is 9.72. The summed E-state index contributed by atoms with van der Waals surface area (Å²) < 4.78 is 0. The van der Waals surface area contributed by atoms with Crippen LogP contribution in [0.3, 0.4) is 0 Å². The molecule has 1 saturated carbocycles. The number of nitriles is 1. The van der Waals surface area contributed by atoms with Crippen LogP contribution in [0.4, 0.5) is 0 Å². The fourth-order valence-corrected chi connectivity index (χ4v) is 3.73. The van der Waals surface area contributed by atoms with Crippen molar-refractivity contribution >= 4 is 11.6 Å². The Morgan fingerprint density at radius 3 is 2.79 bits per heavy atom. The van der Waals surface area contributed by atoms with E-state index >= 15 is 0 Å². The summed E-state index contributed by atoms with van der Waals surface area (Å²) in [6.45, 7) is 0. The van der Waals surface area contributed by atoms with E-state index in [0.717, 1.165) is 23.4 Å². The quantitative estimate of drug-likeness (QED) is 0.887. The van der Waals surface area contributed by atoms with Crippen molar-refractivity contribution < 1.29 is 0 Å².